The lowest BCUT2D eigenvalue weighted by Crippen LogP contribution is -2.47. The molecule has 0 aliphatic carbocycles. The van der Waals surface area contributed by atoms with Gasteiger partial charge >= 0.3 is 5.97 Å². The summed E-state index contributed by atoms with van der Waals surface area (Å²) < 4.78 is 5.36. The summed E-state index contributed by atoms with van der Waals surface area (Å²) >= 11 is 0. The summed E-state index contributed by atoms with van der Waals surface area (Å²) in [6, 6.07) is 0.0640. The molecule has 1 atom stereocenters. The van der Waals surface area contributed by atoms with Gasteiger partial charge in [-0.25, -0.2) is 0 Å². The highest BCUT2D eigenvalue weighted by molar-refractivity contribution is 7.59. The van der Waals surface area contributed by atoms with Crippen molar-refractivity contribution in [2.75, 3.05) is 0 Å². The molecule has 0 heterocycles. The van der Waals surface area contributed by atoms with Crippen molar-refractivity contribution in [2.45, 2.75) is 66.2 Å². The Morgan fingerprint density at radius 1 is 1.12 bits per heavy atom. The minimum absolute atomic E-state index is 0. The summed E-state index contributed by atoms with van der Waals surface area (Å²) in [5, 5.41) is 3.23. The molecule has 0 unspecified atom stereocenters. The van der Waals surface area contributed by atoms with Crippen LogP contribution in [-0.4, -0.2) is 23.7 Å². The van der Waals surface area contributed by atoms with Crippen LogP contribution in [0.15, 0.2) is 0 Å². The predicted octanol–water partition coefficient (Wildman–Crippen LogP) is 2.46. The molecule has 0 aromatic rings. The first-order valence-corrected chi connectivity index (χ1v) is 5.62. The number of ether oxygens (including phenoxy) is 1. The van der Waals surface area contributed by atoms with Crippen LogP contribution in [0.3, 0.4) is 0 Å². The van der Waals surface area contributed by atoms with Crippen molar-refractivity contribution in [2.24, 2.45) is 5.92 Å². The maximum absolute atomic E-state index is 11.9. The molecule has 0 aliphatic rings. The Morgan fingerprint density at radius 2 is 1.56 bits per heavy atom. The van der Waals surface area contributed by atoms with E-state index in [-0.39, 0.29) is 37.5 Å². The summed E-state index contributed by atoms with van der Waals surface area (Å²) in [5.74, 6) is 0.0773. The molecule has 0 aliphatic heterocycles. The molecule has 0 bridgehead atoms. The maximum Gasteiger partial charge on any atom is 0.323 e. The highest BCUT2D eigenvalue weighted by Crippen LogP contribution is 2.12. The zero-order valence-corrected chi connectivity index (χ0v) is 12.5. The third kappa shape index (κ3) is 7.99. The molecule has 16 heavy (non-hydrogen) atoms. The van der Waals surface area contributed by atoms with Crippen LogP contribution in [0.25, 0.3) is 0 Å². The Bertz CT molecular complexity index is 210. The second-order valence-corrected chi connectivity index (χ2v) is 5.58. The van der Waals surface area contributed by atoms with Crippen molar-refractivity contribution < 1.29 is 9.53 Å². The van der Waals surface area contributed by atoms with E-state index in [9.17, 15) is 4.79 Å². The summed E-state index contributed by atoms with van der Waals surface area (Å²) in [7, 11) is 0. The second kappa shape index (κ2) is 7.17. The first-order valence-electron chi connectivity index (χ1n) is 5.62. The second-order valence-electron chi connectivity index (χ2n) is 5.58. The van der Waals surface area contributed by atoms with Gasteiger partial charge in [-0.05, 0) is 26.7 Å². The minimum atomic E-state index is -0.414. The average molecular weight is 249 g/mol. The van der Waals surface area contributed by atoms with E-state index in [0.717, 1.165) is 0 Å². The van der Waals surface area contributed by atoms with E-state index in [0.29, 0.717) is 0 Å². The van der Waals surface area contributed by atoms with E-state index in [1.54, 1.807) is 0 Å². The molecule has 0 radical (unpaired) electrons. The number of nitrogens with one attached hydrogen (secondary N) is 1. The SMILES string of the molecule is CC(C)N[C@H](C(=O)OC(C)(C)C)C(C)C.S. The smallest absolute Gasteiger partial charge is 0.323 e. The van der Waals surface area contributed by atoms with E-state index < -0.39 is 5.60 Å². The lowest BCUT2D eigenvalue weighted by molar-refractivity contribution is -0.159. The van der Waals surface area contributed by atoms with Crippen LogP contribution in [0.2, 0.25) is 0 Å². The van der Waals surface area contributed by atoms with Gasteiger partial charge < -0.3 is 10.1 Å². The number of hydrogen-bond donors (Lipinski definition) is 1. The van der Waals surface area contributed by atoms with E-state index in [1.165, 1.54) is 0 Å². The van der Waals surface area contributed by atoms with Gasteiger partial charge in [0.2, 0.25) is 0 Å². The van der Waals surface area contributed by atoms with Gasteiger partial charge in [0.25, 0.3) is 0 Å². The van der Waals surface area contributed by atoms with Crippen molar-refractivity contribution in [3.8, 4) is 0 Å². The molecule has 0 aromatic carbocycles. The minimum Gasteiger partial charge on any atom is -0.459 e. The number of carbonyl (C=O) groups is 1. The van der Waals surface area contributed by atoms with Crippen LogP contribution < -0.4 is 5.32 Å². The molecular weight excluding hydrogens is 222 g/mol. The molecule has 0 spiro atoms. The van der Waals surface area contributed by atoms with Gasteiger partial charge in [0.1, 0.15) is 11.6 Å². The molecule has 1 N–H and O–H groups in total. The van der Waals surface area contributed by atoms with Gasteiger partial charge in [-0.1, -0.05) is 27.7 Å². The molecule has 0 saturated heterocycles. The maximum atomic E-state index is 11.9. The van der Waals surface area contributed by atoms with E-state index in [2.05, 4.69) is 5.32 Å². The Labute approximate surface area is 107 Å². The Kier molecular flexibility index (Phi) is 8.14. The van der Waals surface area contributed by atoms with E-state index in [1.807, 2.05) is 48.5 Å². The predicted molar refractivity (Wildman–Crippen MR) is 73.1 cm³/mol. The molecular formula is C12H27NO2S. The van der Waals surface area contributed by atoms with Crippen LogP contribution >= 0.6 is 13.5 Å². The zero-order chi connectivity index (χ0) is 12.2. The number of rotatable bonds is 4. The number of carbonyl (C=O) groups excluding carboxylic acids is 1. The van der Waals surface area contributed by atoms with Crippen LogP contribution in [-0.2, 0) is 9.53 Å². The summed E-state index contributed by atoms with van der Waals surface area (Å²) in [6.45, 7) is 13.8. The molecule has 0 saturated carbocycles. The van der Waals surface area contributed by atoms with E-state index >= 15 is 0 Å². The largest absolute Gasteiger partial charge is 0.459 e. The quantitative estimate of drug-likeness (QED) is 0.778. The fourth-order valence-corrected chi connectivity index (χ4v) is 1.26. The molecule has 0 aromatic heterocycles. The van der Waals surface area contributed by atoms with Crippen molar-refractivity contribution >= 4 is 19.5 Å². The molecule has 3 nitrogen and oxygen atoms in total. The van der Waals surface area contributed by atoms with Gasteiger partial charge in [0, 0.05) is 6.04 Å². The van der Waals surface area contributed by atoms with Gasteiger partial charge in [0.15, 0.2) is 0 Å². The average Bonchev–Trinajstić information content (AvgIpc) is 1.95. The van der Waals surface area contributed by atoms with Crippen LogP contribution in [0.1, 0.15) is 48.5 Å². The standard InChI is InChI=1S/C12H25NO2.H2S/c1-8(2)10(13-9(3)4)11(14)15-12(5,6)7;/h8-10,13H,1-7H3;1H2/t10-;/m0./s1. The zero-order valence-electron chi connectivity index (χ0n) is 11.5. The monoisotopic (exact) mass is 249 g/mol. The Hall–Kier alpha value is -0.220. The van der Waals surface area contributed by atoms with Crippen molar-refractivity contribution in [3.05, 3.63) is 0 Å². The van der Waals surface area contributed by atoms with Gasteiger partial charge in [0.05, 0.1) is 0 Å². The third-order valence-corrected chi connectivity index (χ3v) is 1.84. The molecule has 4 heteroatoms. The van der Waals surface area contributed by atoms with Gasteiger partial charge in [-0.2, -0.15) is 13.5 Å². The van der Waals surface area contributed by atoms with Gasteiger partial charge in [-0.15, -0.1) is 0 Å². The topological polar surface area (TPSA) is 38.3 Å². The Balaban J connectivity index is 0. The number of hydrogen-bond acceptors (Lipinski definition) is 3. The highest BCUT2D eigenvalue weighted by Gasteiger charge is 2.27. The molecule has 0 fully saturated rings. The lowest BCUT2D eigenvalue weighted by atomic mass is 10.0. The normalized spacial score (nSPS) is 13.6. The fourth-order valence-electron chi connectivity index (χ4n) is 1.26. The third-order valence-electron chi connectivity index (χ3n) is 1.84. The first-order chi connectivity index (χ1) is 6.63. The van der Waals surface area contributed by atoms with Crippen LogP contribution in [0.5, 0.6) is 0 Å². The molecule has 0 rings (SSSR count). The van der Waals surface area contributed by atoms with Crippen molar-refractivity contribution in [3.63, 3.8) is 0 Å². The first kappa shape index (κ1) is 18.2. The Morgan fingerprint density at radius 3 is 1.81 bits per heavy atom. The van der Waals surface area contributed by atoms with Gasteiger partial charge in [-0.3, -0.25) is 4.79 Å². The van der Waals surface area contributed by atoms with Crippen LogP contribution in [0.4, 0.5) is 0 Å². The summed E-state index contributed by atoms with van der Waals surface area (Å²) in [5.41, 5.74) is -0.414. The lowest BCUT2D eigenvalue weighted by Gasteiger charge is -2.27. The van der Waals surface area contributed by atoms with E-state index in [4.69, 9.17) is 4.74 Å². The summed E-state index contributed by atoms with van der Waals surface area (Å²) in [6.07, 6.45) is 0. The van der Waals surface area contributed by atoms with Crippen molar-refractivity contribution in [1.82, 2.24) is 5.32 Å². The summed E-state index contributed by atoms with van der Waals surface area (Å²) in [4.78, 5) is 11.9. The molecule has 0 amide bonds. The number of esters is 1. The van der Waals surface area contributed by atoms with Crippen LogP contribution in [0, 0.1) is 5.92 Å². The van der Waals surface area contributed by atoms with Crippen molar-refractivity contribution in [1.29, 1.82) is 0 Å². The molecule has 98 valence electrons. The fraction of sp³-hybridized carbons (Fsp3) is 0.917. The highest BCUT2D eigenvalue weighted by atomic mass is 32.1.